The highest BCUT2D eigenvalue weighted by Gasteiger charge is 2.22. The van der Waals surface area contributed by atoms with Crippen LogP contribution in [0.5, 0.6) is 11.5 Å². The average molecular weight is 438 g/mol. The van der Waals surface area contributed by atoms with Gasteiger partial charge in [0.1, 0.15) is 11.5 Å². The summed E-state index contributed by atoms with van der Waals surface area (Å²) in [4.78, 5) is 12.5. The number of ether oxygens (including phenoxy) is 2. The predicted molar refractivity (Wildman–Crippen MR) is 118 cm³/mol. The largest absolute Gasteiger partial charge is 0.497 e. The second-order valence-electron chi connectivity index (χ2n) is 6.77. The number of nitriles is 1. The smallest absolute Gasteiger partial charge is 0.237 e. The predicted octanol–water partition coefficient (Wildman–Crippen LogP) is 3.95. The van der Waals surface area contributed by atoms with Crippen molar-refractivity contribution >= 4 is 23.4 Å². The van der Waals surface area contributed by atoms with Gasteiger partial charge in [0.05, 0.1) is 24.0 Å². The lowest BCUT2D eigenvalue weighted by molar-refractivity contribution is -0.115. The first-order chi connectivity index (χ1) is 14.9. The first kappa shape index (κ1) is 22.2. The summed E-state index contributed by atoms with van der Waals surface area (Å²) in [7, 11) is 3.46. The lowest BCUT2D eigenvalue weighted by Gasteiger charge is -2.15. The minimum absolute atomic E-state index is 0.165. The van der Waals surface area contributed by atoms with Crippen molar-refractivity contribution in [2.45, 2.75) is 30.4 Å². The van der Waals surface area contributed by atoms with Gasteiger partial charge in [-0.1, -0.05) is 11.8 Å². The fourth-order valence-electron chi connectivity index (χ4n) is 2.78. The van der Waals surface area contributed by atoms with Gasteiger partial charge in [-0.25, -0.2) is 0 Å². The minimum atomic E-state index is -0.399. The van der Waals surface area contributed by atoms with Crippen LogP contribution in [0, 0.1) is 11.3 Å². The number of thioether (sulfide) groups is 1. The third-order valence-corrected chi connectivity index (χ3v) is 5.67. The quantitative estimate of drug-likeness (QED) is 0.532. The first-order valence-electron chi connectivity index (χ1n) is 9.59. The summed E-state index contributed by atoms with van der Waals surface area (Å²) in [5, 5.41) is 20.4. The van der Waals surface area contributed by atoms with E-state index in [1.807, 2.05) is 42.8 Å². The van der Waals surface area contributed by atoms with Gasteiger partial charge < -0.3 is 19.4 Å². The molecule has 0 bridgehead atoms. The Bertz CT molecular complexity index is 1070. The number of amides is 1. The Labute approximate surface area is 185 Å². The number of benzene rings is 2. The topological polar surface area (TPSA) is 102 Å². The molecule has 2 unspecified atom stereocenters. The van der Waals surface area contributed by atoms with E-state index in [1.54, 1.807) is 38.3 Å². The zero-order valence-corrected chi connectivity index (χ0v) is 18.5. The normalized spacial score (nSPS) is 12.5. The first-order valence-corrected chi connectivity index (χ1v) is 10.5. The maximum atomic E-state index is 12.5. The Balaban J connectivity index is 1.61. The van der Waals surface area contributed by atoms with Gasteiger partial charge in [-0.15, -0.1) is 10.2 Å². The Morgan fingerprint density at radius 1 is 1.10 bits per heavy atom. The molecule has 0 aliphatic carbocycles. The number of hydrogen-bond acceptors (Lipinski definition) is 7. The molecule has 31 heavy (non-hydrogen) atoms. The minimum Gasteiger partial charge on any atom is -0.497 e. The van der Waals surface area contributed by atoms with Crippen molar-refractivity contribution in [3.8, 4) is 17.6 Å². The van der Waals surface area contributed by atoms with Gasteiger partial charge in [-0.2, -0.15) is 5.26 Å². The number of hydrogen-bond donors (Lipinski definition) is 1. The number of methoxy groups -OCH3 is 1. The molecule has 1 N–H and O–H groups in total. The highest BCUT2D eigenvalue weighted by molar-refractivity contribution is 8.00. The van der Waals surface area contributed by atoms with Crippen molar-refractivity contribution in [3.63, 3.8) is 0 Å². The van der Waals surface area contributed by atoms with E-state index in [9.17, 15) is 4.79 Å². The Morgan fingerprint density at radius 2 is 1.74 bits per heavy atom. The van der Waals surface area contributed by atoms with Crippen molar-refractivity contribution in [3.05, 3.63) is 59.9 Å². The van der Waals surface area contributed by atoms with E-state index in [1.165, 1.54) is 11.8 Å². The summed E-state index contributed by atoms with van der Waals surface area (Å²) < 4.78 is 12.9. The summed E-state index contributed by atoms with van der Waals surface area (Å²) >= 11 is 1.31. The van der Waals surface area contributed by atoms with Gasteiger partial charge in [-0.05, 0) is 62.4 Å². The van der Waals surface area contributed by atoms with Crippen LogP contribution in [0.2, 0.25) is 0 Å². The summed E-state index contributed by atoms with van der Waals surface area (Å²) in [6.07, 6.45) is -0.331. The number of anilines is 1. The molecule has 160 valence electrons. The highest BCUT2D eigenvalue weighted by Crippen LogP contribution is 2.27. The van der Waals surface area contributed by atoms with E-state index in [-0.39, 0.29) is 12.0 Å². The molecular weight excluding hydrogens is 414 g/mol. The third-order valence-electron chi connectivity index (χ3n) is 4.54. The number of carbonyl (C=O) groups excluding carboxylic acids is 1. The van der Waals surface area contributed by atoms with Crippen molar-refractivity contribution in [1.29, 1.82) is 5.26 Å². The molecule has 2 atom stereocenters. The van der Waals surface area contributed by atoms with Gasteiger partial charge in [0.2, 0.25) is 5.91 Å². The lowest BCUT2D eigenvalue weighted by atomic mass is 10.2. The molecule has 1 aromatic heterocycles. The van der Waals surface area contributed by atoms with Crippen LogP contribution in [0.25, 0.3) is 0 Å². The van der Waals surface area contributed by atoms with E-state index in [0.29, 0.717) is 28.0 Å². The molecule has 9 heteroatoms. The molecule has 0 radical (unpaired) electrons. The molecule has 1 amide bonds. The Kier molecular flexibility index (Phi) is 7.15. The van der Waals surface area contributed by atoms with Crippen LogP contribution >= 0.6 is 11.8 Å². The van der Waals surface area contributed by atoms with Crippen LogP contribution in [0.15, 0.2) is 53.7 Å². The third kappa shape index (κ3) is 5.55. The van der Waals surface area contributed by atoms with Crippen LogP contribution in [-0.2, 0) is 11.8 Å². The molecule has 0 aliphatic rings. The van der Waals surface area contributed by atoms with Crippen molar-refractivity contribution in [2.24, 2.45) is 7.05 Å². The van der Waals surface area contributed by atoms with Crippen LogP contribution in [0.3, 0.4) is 0 Å². The van der Waals surface area contributed by atoms with E-state index in [0.717, 1.165) is 5.75 Å². The van der Waals surface area contributed by atoms with Gasteiger partial charge in [0.25, 0.3) is 0 Å². The maximum absolute atomic E-state index is 12.5. The average Bonchev–Trinajstić information content (AvgIpc) is 3.14. The van der Waals surface area contributed by atoms with Crippen molar-refractivity contribution < 1.29 is 14.3 Å². The number of nitrogens with zero attached hydrogens (tertiary/aromatic N) is 4. The molecule has 8 nitrogen and oxygen atoms in total. The number of nitrogens with one attached hydrogen (secondary N) is 1. The molecule has 3 rings (SSSR count). The summed E-state index contributed by atoms with van der Waals surface area (Å²) in [5.41, 5.74) is 1.18. The van der Waals surface area contributed by atoms with E-state index >= 15 is 0 Å². The van der Waals surface area contributed by atoms with Gasteiger partial charge in [-0.3, -0.25) is 4.79 Å². The molecule has 3 aromatic rings. The van der Waals surface area contributed by atoms with Gasteiger partial charge in [0.15, 0.2) is 17.1 Å². The van der Waals surface area contributed by atoms with Crippen LogP contribution in [0.1, 0.15) is 31.3 Å². The second-order valence-corrected chi connectivity index (χ2v) is 8.08. The lowest BCUT2D eigenvalue weighted by Crippen LogP contribution is -2.23. The molecule has 0 saturated heterocycles. The van der Waals surface area contributed by atoms with Gasteiger partial charge >= 0.3 is 0 Å². The molecule has 0 aliphatic heterocycles. The fraction of sp³-hybridized carbons (Fsp3) is 0.273. The molecule has 2 aromatic carbocycles. The summed E-state index contributed by atoms with van der Waals surface area (Å²) in [5.74, 6) is 1.94. The monoisotopic (exact) mass is 437 g/mol. The number of carbonyl (C=O) groups is 1. The zero-order chi connectivity index (χ0) is 22.4. The number of rotatable bonds is 8. The molecule has 0 fully saturated rings. The zero-order valence-electron chi connectivity index (χ0n) is 17.7. The second kappa shape index (κ2) is 10.00. The van der Waals surface area contributed by atoms with E-state index in [2.05, 4.69) is 21.6 Å². The fourth-order valence-corrected chi connectivity index (χ4v) is 3.60. The van der Waals surface area contributed by atoms with Crippen LogP contribution in [-0.4, -0.2) is 33.0 Å². The summed E-state index contributed by atoms with van der Waals surface area (Å²) in [6.45, 7) is 3.69. The molecule has 0 spiro atoms. The standard InChI is InChI=1S/C22H23N5O3S/c1-14(30-19-11-9-18(29-4)10-12-19)20-25-26-22(27(20)3)31-15(2)21(28)24-17-7-5-16(13-23)6-8-17/h5-12,14-15H,1-4H3,(H,24,28). The Morgan fingerprint density at radius 3 is 2.35 bits per heavy atom. The highest BCUT2D eigenvalue weighted by atomic mass is 32.2. The summed E-state index contributed by atoms with van der Waals surface area (Å²) in [6, 6.07) is 16.1. The molecule has 0 saturated carbocycles. The van der Waals surface area contributed by atoms with E-state index < -0.39 is 5.25 Å². The van der Waals surface area contributed by atoms with Crippen molar-refractivity contribution in [2.75, 3.05) is 12.4 Å². The van der Waals surface area contributed by atoms with E-state index in [4.69, 9.17) is 14.7 Å². The molecular formula is C22H23N5O3S. The molecule has 1 heterocycles. The Hall–Kier alpha value is -3.51. The maximum Gasteiger partial charge on any atom is 0.237 e. The van der Waals surface area contributed by atoms with Crippen molar-refractivity contribution in [1.82, 2.24) is 14.8 Å². The van der Waals surface area contributed by atoms with Gasteiger partial charge in [0, 0.05) is 12.7 Å². The van der Waals surface area contributed by atoms with Crippen LogP contribution < -0.4 is 14.8 Å². The van der Waals surface area contributed by atoms with Crippen LogP contribution in [0.4, 0.5) is 5.69 Å². The SMILES string of the molecule is COc1ccc(OC(C)c2nnc(SC(C)C(=O)Nc3ccc(C#N)cc3)n2C)cc1. The number of aromatic nitrogens is 3.